The van der Waals surface area contributed by atoms with Gasteiger partial charge in [0.15, 0.2) is 0 Å². The quantitative estimate of drug-likeness (QED) is 0.441. The summed E-state index contributed by atoms with van der Waals surface area (Å²) in [6, 6.07) is 7.08. The summed E-state index contributed by atoms with van der Waals surface area (Å²) < 4.78 is 0. The topological polar surface area (TPSA) is 110 Å². The number of nitrogens with zero attached hydrogens (tertiary/aromatic N) is 1. The molecule has 0 fully saturated rings. The second kappa shape index (κ2) is 6.72. The fourth-order valence-electron chi connectivity index (χ4n) is 1.89. The summed E-state index contributed by atoms with van der Waals surface area (Å²) in [6.45, 7) is 0. The standard InChI is InChI=1S/C14H12Cl2N4O3/c1-18-14(21)7-2-3-11(12(4-7)20(22)23)19-8-5-9(15)13(17)10(16)6-8/h2-6,19H,17H2,1H3,(H,18,21). The van der Waals surface area contributed by atoms with Gasteiger partial charge in [-0.25, -0.2) is 0 Å². The Labute approximate surface area is 141 Å². The smallest absolute Gasteiger partial charge is 0.293 e. The van der Waals surface area contributed by atoms with Crippen LogP contribution >= 0.6 is 23.2 Å². The predicted molar refractivity (Wildman–Crippen MR) is 90.6 cm³/mol. The van der Waals surface area contributed by atoms with Crippen LogP contribution in [0.25, 0.3) is 0 Å². The zero-order chi connectivity index (χ0) is 17.1. The van der Waals surface area contributed by atoms with Crippen LogP contribution in [0, 0.1) is 10.1 Å². The van der Waals surface area contributed by atoms with E-state index in [2.05, 4.69) is 10.6 Å². The minimum atomic E-state index is -0.588. The maximum absolute atomic E-state index is 11.6. The highest BCUT2D eigenvalue weighted by Gasteiger charge is 2.18. The number of nitrogens with one attached hydrogen (secondary N) is 2. The van der Waals surface area contributed by atoms with E-state index < -0.39 is 10.8 Å². The lowest BCUT2D eigenvalue weighted by Crippen LogP contribution is -2.17. The van der Waals surface area contributed by atoms with Gasteiger partial charge in [0.05, 0.1) is 20.7 Å². The minimum Gasteiger partial charge on any atom is -0.396 e. The van der Waals surface area contributed by atoms with Gasteiger partial charge in [-0.15, -0.1) is 0 Å². The number of hydrogen-bond acceptors (Lipinski definition) is 5. The van der Waals surface area contributed by atoms with Gasteiger partial charge in [-0.2, -0.15) is 0 Å². The molecule has 0 saturated carbocycles. The Balaban J connectivity index is 2.43. The number of nitrogen functional groups attached to an aromatic ring is 1. The summed E-state index contributed by atoms with van der Waals surface area (Å²) in [5, 5.41) is 16.9. The summed E-state index contributed by atoms with van der Waals surface area (Å²) in [5.41, 5.74) is 6.43. The Morgan fingerprint density at radius 3 is 2.35 bits per heavy atom. The fourth-order valence-corrected chi connectivity index (χ4v) is 2.37. The zero-order valence-electron chi connectivity index (χ0n) is 11.9. The molecular formula is C14H12Cl2N4O3. The van der Waals surface area contributed by atoms with Crippen molar-refractivity contribution < 1.29 is 9.72 Å². The van der Waals surface area contributed by atoms with Gasteiger partial charge in [0.2, 0.25) is 0 Å². The van der Waals surface area contributed by atoms with Crippen LogP contribution in [0.5, 0.6) is 0 Å². The van der Waals surface area contributed by atoms with Gasteiger partial charge in [0.1, 0.15) is 5.69 Å². The Morgan fingerprint density at radius 2 is 1.83 bits per heavy atom. The summed E-state index contributed by atoms with van der Waals surface area (Å²) in [7, 11) is 1.44. The first-order valence-corrected chi connectivity index (χ1v) is 7.11. The molecule has 0 unspecified atom stereocenters. The molecule has 0 aliphatic carbocycles. The van der Waals surface area contributed by atoms with Crippen molar-refractivity contribution in [3.63, 3.8) is 0 Å². The van der Waals surface area contributed by atoms with E-state index in [1.807, 2.05) is 0 Å². The number of rotatable bonds is 4. The molecule has 0 radical (unpaired) electrons. The molecule has 0 saturated heterocycles. The van der Waals surface area contributed by atoms with Gasteiger partial charge in [0, 0.05) is 24.4 Å². The molecule has 4 N–H and O–H groups in total. The molecule has 0 aliphatic rings. The van der Waals surface area contributed by atoms with E-state index in [1.165, 1.54) is 37.4 Å². The second-order valence-corrected chi connectivity index (χ2v) is 5.36. The van der Waals surface area contributed by atoms with Gasteiger partial charge in [0.25, 0.3) is 11.6 Å². The van der Waals surface area contributed by atoms with Crippen molar-refractivity contribution >= 4 is 51.9 Å². The third-order valence-electron chi connectivity index (χ3n) is 3.04. The molecule has 9 heteroatoms. The number of benzene rings is 2. The van der Waals surface area contributed by atoms with Gasteiger partial charge < -0.3 is 16.4 Å². The average Bonchev–Trinajstić information content (AvgIpc) is 2.51. The molecule has 23 heavy (non-hydrogen) atoms. The monoisotopic (exact) mass is 354 g/mol. The average molecular weight is 355 g/mol. The van der Waals surface area contributed by atoms with Crippen molar-refractivity contribution in [2.45, 2.75) is 0 Å². The molecular weight excluding hydrogens is 343 g/mol. The van der Waals surface area contributed by atoms with Crippen LogP contribution in [0.2, 0.25) is 10.0 Å². The maximum Gasteiger partial charge on any atom is 0.293 e. The number of amides is 1. The number of carbonyl (C=O) groups excluding carboxylic acids is 1. The number of nitrogens with two attached hydrogens (primary N) is 1. The molecule has 2 aromatic rings. The highest BCUT2D eigenvalue weighted by Crippen LogP contribution is 2.34. The second-order valence-electron chi connectivity index (χ2n) is 4.55. The highest BCUT2D eigenvalue weighted by atomic mass is 35.5. The van der Waals surface area contributed by atoms with Crippen LogP contribution in [0.15, 0.2) is 30.3 Å². The number of anilines is 3. The normalized spacial score (nSPS) is 10.2. The van der Waals surface area contributed by atoms with E-state index >= 15 is 0 Å². The molecule has 0 aliphatic heterocycles. The Morgan fingerprint density at radius 1 is 1.22 bits per heavy atom. The first kappa shape index (κ1) is 16.9. The van der Waals surface area contributed by atoms with Crippen molar-refractivity contribution in [3.05, 3.63) is 56.1 Å². The minimum absolute atomic E-state index is 0.179. The largest absolute Gasteiger partial charge is 0.396 e. The van der Waals surface area contributed by atoms with E-state index in [0.29, 0.717) is 5.69 Å². The van der Waals surface area contributed by atoms with E-state index in [0.717, 1.165) is 0 Å². The molecule has 1 amide bonds. The molecule has 0 atom stereocenters. The molecule has 120 valence electrons. The van der Waals surface area contributed by atoms with E-state index in [9.17, 15) is 14.9 Å². The van der Waals surface area contributed by atoms with Gasteiger partial charge in [-0.1, -0.05) is 23.2 Å². The third kappa shape index (κ3) is 3.64. The van der Waals surface area contributed by atoms with E-state index in [-0.39, 0.29) is 32.7 Å². The molecule has 0 heterocycles. The maximum atomic E-state index is 11.6. The van der Waals surface area contributed by atoms with Crippen LogP contribution in [0.1, 0.15) is 10.4 Å². The van der Waals surface area contributed by atoms with Gasteiger partial charge in [-0.3, -0.25) is 14.9 Å². The first-order chi connectivity index (χ1) is 10.8. The van der Waals surface area contributed by atoms with E-state index in [4.69, 9.17) is 28.9 Å². The van der Waals surface area contributed by atoms with Gasteiger partial charge in [-0.05, 0) is 24.3 Å². The van der Waals surface area contributed by atoms with Crippen molar-refractivity contribution in [1.82, 2.24) is 5.32 Å². The fraction of sp³-hybridized carbons (Fsp3) is 0.0714. The SMILES string of the molecule is CNC(=O)c1ccc(Nc2cc(Cl)c(N)c(Cl)c2)c([N+](=O)[O-])c1. The lowest BCUT2D eigenvalue weighted by Gasteiger charge is -2.10. The van der Waals surface area contributed by atoms with Crippen molar-refractivity contribution in [3.8, 4) is 0 Å². The highest BCUT2D eigenvalue weighted by molar-refractivity contribution is 6.39. The van der Waals surface area contributed by atoms with Gasteiger partial charge >= 0.3 is 0 Å². The number of halogens is 2. The number of nitro benzene ring substituents is 1. The number of hydrogen-bond donors (Lipinski definition) is 3. The first-order valence-electron chi connectivity index (χ1n) is 6.35. The van der Waals surface area contributed by atoms with Crippen molar-refractivity contribution in [1.29, 1.82) is 0 Å². The van der Waals surface area contributed by atoms with Crippen LogP contribution in [0.3, 0.4) is 0 Å². The zero-order valence-corrected chi connectivity index (χ0v) is 13.4. The van der Waals surface area contributed by atoms with Crippen molar-refractivity contribution in [2.75, 3.05) is 18.1 Å². The molecule has 7 nitrogen and oxygen atoms in total. The summed E-state index contributed by atoms with van der Waals surface area (Å²) in [6.07, 6.45) is 0. The van der Waals surface area contributed by atoms with Crippen LogP contribution in [-0.4, -0.2) is 17.9 Å². The Hall–Kier alpha value is -2.51. The lowest BCUT2D eigenvalue weighted by molar-refractivity contribution is -0.383. The third-order valence-corrected chi connectivity index (χ3v) is 3.67. The van der Waals surface area contributed by atoms with Crippen LogP contribution in [0.4, 0.5) is 22.7 Å². The Bertz CT molecular complexity index is 773. The number of carbonyl (C=O) groups is 1. The predicted octanol–water partition coefficient (Wildman–Crippen LogP) is 3.59. The Kier molecular flexibility index (Phi) is 4.92. The summed E-state index contributed by atoms with van der Waals surface area (Å²) in [4.78, 5) is 22.2. The molecule has 2 rings (SSSR count). The van der Waals surface area contributed by atoms with Crippen molar-refractivity contribution in [2.24, 2.45) is 0 Å². The molecule has 2 aromatic carbocycles. The molecule has 0 bridgehead atoms. The summed E-state index contributed by atoms with van der Waals surface area (Å²) >= 11 is 11.9. The van der Waals surface area contributed by atoms with E-state index in [1.54, 1.807) is 0 Å². The summed E-state index contributed by atoms with van der Waals surface area (Å²) in [5.74, 6) is -0.418. The molecule has 0 aromatic heterocycles. The molecule has 0 spiro atoms. The number of nitro groups is 1. The van der Waals surface area contributed by atoms with Crippen LogP contribution < -0.4 is 16.4 Å². The lowest BCUT2D eigenvalue weighted by atomic mass is 10.1. The van der Waals surface area contributed by atoms with Crippen LogP contribution in [-0.2, 0) is 0 Å².